The molecule has 2 heterocycles. The predicted octanol–water partition coefficient (Wildman–Crippen LogP) is 0.0804. The van der Waals surface area contributed by atoms with Crippen LogP contribution in [0.4, 0.5) is 13.2 Å². The van der Waals surface area contributed by atoms with E-state index in [1.807, 2.05) is 0 Å². The third-order valence-electron chi connectivity index (χ3n) is 3.40. The van der Waals surface area contributed by atoms with Crippen molar-refractivity contribution in [2.45, 2.75) is 31.2 Å². The van der Waals surface area contributed by atoms with Crippen LogP contribution in [0.1, 0.15) is 24.2 Å². The fourth-order valence-electron chi connectivity index (χ4n) is 2.20. The van der Waals surface area contributed by atoms with Crippen molar-refractivity contribution in [2.24, 2.45) is 0 Å². The average Bonchev–Trinajstić information content (AvgIpc) is 2.96. The zero-order valence-corrected chi connectivity index (χ0v) is 12.1. The van der Waals surface area contributed by atoms with Gasteiger partial charge in [0.2, 0.25) is 0 Å². The van der Waals surface area contributed by atoms with Gasteiger partial charge in [-0.15, -0.1) is 0 Å². The Balaban J connectivity index is 1.77. The van der Waals surface area contributed by atoms with Crippen molar-refractivity contribution in [1.82, 2.24) is 20.9 Å². The molecule has 0 radical (unpaired) electrons. The maximum absolute atomic E-state index is 12.5. The summed E-state index contributed by atoms with van der Waals surface area (Å²) in [6.07, 6.45) is -0.769. The second kappa shape index (κ2) is 6.86. The van der Waals surface area contributed by atoms with E-state index in [9.17, 15) is 23.1 Å². The normalized spacial score (nSPS) is 16.0. The van der Waals surface area contributed by atoms with E-state index in [1.54, 1.807) is 0 Å². The van der Waals surface area contributed by atoms with Crippen LogP contribution < -0.4 is 21.1 Å². The molecule has 0 aromatic carbocycles. The quantitative estimate of drug-likeness (QED) is 0.614. The topological polar surface area (TPSA) is 89.1 Å². The van der Waals surface area contributed by atoms with E-state index in [1.165, 1.54) is 24.5 Å². The number of aromatic nitrogens is 1. The first kappa shape index (κ1) is 17.1. The summed E-state index contributed by atoms with van der Waals surface area (Å²) in [6.45, 7) is 0.595. The maximum Gasteiger partial charge on any atom is 0.433 e. The molecule has 0 spiro atoms. The van der Waals surface area contributed by atoms with Crippen LogP contribution in [-0.2, 0) is 17.5 Å². The molecule has 9 heteroatoms. The number of halogens is 3. The van der Waals surface area contributed by atoms with Crippen LogP contribution >= 0.6 is 0 Å². The van der Waals surface area contributed by atoms with Crippen LogP contribution in [0.2, 0.25) is 0 Å². The molecular formula is C14H16F3N4O2-. The molecule has 6 nitrogen and oxygen atoms in total. The zero-order chi connectivity index (χ0) is 16.9. The number of hydrogen-bond acceptors (Lipinski definition) is 6. The lowest BCUT2D eigenvalue weighted by atomic mass is 10.1. The van der Waals surface area contributed by atoms with Crippen LogP contribution in [0.5, 0.6) is 0 Å². The van der Waals surface area contributed by atoms with Crippen LogP contribution in [0, 0.1) is 0 Å². The molecule has 0 saturated heterocycles. The van der Waals surface area contributed by atoms with E-state index in [-0.39, 0.29) is 18.7 Å². The Morgan fingerprint density at radius 3 is 2.61 bits per heavy atom. The van der Waals surface area contributed by atoms with Crippen LogP contribution in [0.15, 0.2) is 30.6 Å². The van der Waals surface area contributed by atoms with Gasteiger partial charge >= 0.3 is 6.18 Å². The van der Waals surface area contributed by atoms with Crippen LogP contribution in [0.3, 0.4) is 0 Å². The molecule has 0 bridgehead atoms. The van der Waals surface area contributed by atoms with Crippen molar-refractivity contribution in [2.75, 3.05) is 6.54 Å². The van der Waals surface area contributed by atoms with Gasteiger partial charge in [-0.3, -0.25) is 0 Å². The van der Waals surface area contributed by atoms with Gasteiger partial charge in [-0.2, -0.15) is 13.2 Å². The monoisotopic (exact) mass is 329 g/mol. The van der Waals surface area contributed by atoms with Gasteiger partial charge < -0.3 is 25.9 Å². The Morgan fingerprint density at radius 1 is 1.30 bits per heavy atom. The molecule has 1 aliphatic rings. The molecule has 0 atom stereocenters. The largest absolute Gasteiger partial charge is 0.546 e. The smallest absolute Gasteiger partial charge is 0.433 e. The standard InChI is InChI=1S/C14H17F3N4O2/c15-14(16,17)11-4-1-3-10(21-11)9-18-6-2-5-13(12(22)23)19-7-8-20-13/h1,3-4,7-8,18-20H,2,5-6,9H2,(H,22,23)/p-1. The second-order valence-corrected chi connectivity index (χ2v) is 5.11. The van der Waals surface area contributed by atoms with Crippen LogP contribution in [0.25, 0.3) is 0 Å². The van der Waals surface area contributed by atoms with Gasteiger partial charge in [0.25, 0.3) is 0 Å². The highest BCUT2D eigenvalue weighted by atomic mass is 19.4. The third-order valence-corrected chi connectivity index (χ3v) is 3.40. The lowest BCUT2D eigenvalue weighted by Gasteiger charge is -2.31. The SMILES string of the molecule is O=C([O-])C1(CCCNCc2cccc(C(F)(F)F)n2)NC=CN1. The summed E-state index contributed by atoms with van der Waals surface area (Å²) in [4.78, 5) is 14.7. The number of carboxylic acid groups (broad SMARTS) is 1. The number of carbonyl (C=O) groups excluding carboxylic acids is 1. The highest BCUT2D eigenvalue weighted by Crippen LogP contribution is 2.27. The third kappa shape index (κ3) is 4.35. The average molecular weight is 329 g/mol. The molecule has 1 aliphatic heterocycles. The molecule has 0 fully saturated rings. The number of hydrogen-bond donors (Lipinski definition) is 3. The fraction of sp³-hybridized carbons (Fsp3) is 0.429. The van der Waals surface area contributed by atoms with E-state index in [4.69, 9.17) is 0 Å². The zero-order valence-electron chi connectivity index (χ0n) is 12.1. The number of alkyl halides is 3. The first-order chi connectivity index (χ1) is 10.8. The van der Waals surface area contributed by atoms with Gasteiger partial charge in [0, 0.05) is 18.9 Å². The van der Waals surface area contributed by atoms with Crippen molar-refractivity contribution in [3.8, 4) is 0 Å². The molecule has 23 heavy (non-hydrogen) atoms. The van der Waals surface area contributed by atoms with Crippen molar-refractivity contribution >= 4 is 5.97 Å². The number of carboxylic acids is 1. The molecule has 1 aromatic heterocycles. The second-order valence-electron chi connectivity index (χ2n) is 5.11. The van der Waals surface area contributed by atoms with Gasteiger partial charge in [-0.25, -0.2) is 4.98 Å². The summed E-state index contributed by atoms with van der Waals surface area (Å²) in [5.41, 5.74) is -1.98. The molecule has 2 rings (SSSR count). The number of pyridine rings is 1. The highest BCUT2D eigenvalue weighted by Gasteiger charge is 2.32. The Labute approximate surface area is 130 Å². The number of rotatable bonds is 7. The number of aliphatic carboxylic acids is 1. The maximum atomic E-state index is 12.5. The van der Waals surface area contributed by atoms with Crippen molar-refractivity contribution in [3.63, 3.8) is 0 Å². The van der Waals surface area contributed by atoms with Gasteiger partial charge in [0.1, 0.15) is 11.4 Å². The molecule has 0 amide bonds. The van der Waals surface area contributed by atoms with Gasteiger partial charge in [0.15, 0.2) is 0 Å². The first-order valence-electron chi connectivity index (χ1n) is 6.99. The lowest BCUT2D eigenvalue weighted by Crippen LogP contribution is -2.61. The molecule has 0 saturated carbocycles. The van der Waals surface area contributed by atoms with Crippen LogP contribution in [-0.4, -0.2) is 23.2 Å². The van der Waals surface area contributed by atoms with E-state index in [2.05, 4.69) is 20.9 Å². The highest BCUT2D eigenvalue weighted by molar-refractivity contribution is 5.77. The summed E-state index contributed by atoms with van der Waals surface area (Å²) < 4.78 is 37.6. The minimum atomic E-state index is -4.47. The van der Waals surface area contributed by atoms with E-state index >= 15 is 0 Å². The Kier molecular flexibility index (Phi) is 5.09. The summed E-state index contributed by atoms with van der Waals surface area (Å²) >= 11 is 0. The molecule has 1 aromatic rings. The summed E-state index contributed by atoms with van der Waals surface area (Å²) in [6, 6.07) is 3.71. The first-order valence-corrected chi connectivity index (χ1v) is 6.99. The Morgan fingerprint density at radius 2 is 2.00 bits per heavy atom. The summed E-state index contributed by atoms with van der Waals surface area (Å²) in [5, 5.41) is 19.4. The minimum Gasteiger partial charge on any atom is -0.546 e. The van der Waals surface area contributed by atoms with Gasteiger partial charge in [0.05, 0.1) is 11.7 Å². The fourth-order valence-corrected chi connectivity index (χ4v) is 2.20. The molecular weight excluding hydrogens is 313 g/mol. The summed E-state index contributed by atoms with van der Waals surface area (Å²) in [7, 11) is 0. The number of nitrogens with zero attached hydrogens (tertiary/aromatic N) is 1. The van der Waals surface area contributed by atoms with Crippen molar-refractivity contribution in [3.05, 3.63) is 42.0 Å². The Hall–Kier alpha value is -2.29. The molecule has 0 aliphatic carbocycles. The number of carbonyl (C=O) groups is 1. The summed E-state index contributed by atoms with van der Waals surface area (Å²) in [5.74, 6) is -1.26. The van der Waals surface area contributed by atoms with E-state index in [0.717, 1.165) is 6.07 Å². The predicted molar refractivity (Wildman–Crippen MR) is 73.3 cm³/mol. The molecule has 126 valence electrons. The van der Waals surface area contributed by atoms with E-state index in [0.29, 0.717) is 13.0 Å². The minimum absolute atomic E-state index is 0.168. The van der Waals surface area contributed by atoms with Crippen molar-refractivity contribution < 1.29 is 23.1 Å². The molecule has 0 unspecified atom stereocenters. The molecule has 3 N–H and O–H groups in total. The van der Waals surface area contributed by atoms with Crippen molar-refractivity contribution in [1.29, 1.82) is 0 Å². The lowest BCUT2D eigenvalue weighted by molar-refractivity contribution is -0.315. The van der Waals surface area contributed by atoms with E-state index < -0.39 is 23.5 Å². The Bertz CT molecular complexity index is 582. The van der Waals surface area contributed by atoms with Gasteiger partial charge in [-0.1, -0.05) is 6.07 Å². The van der Waals surface area contributed by atoms with Gasteiger partial charge in [-0.05, 0) is 31.5 Å². The number of nitrogens with one attached hydrogen (secondary N) is 3.